The molecule has 37 heteroatoms. The fraction of sp³-hybridized carbons (Fsp3) is 0.227. The summed E-state index contributed by atoms with van der Waals surface area (Å²) in [5, 5.41) is 44.2. The zero-order chi connectivity index (χ0) is 75.3. The average Bonchev–Trinajstić information content (AvgIpc) is 0.788. The molecule has 0 unspecified atom stereocenters. The molecular weight excluding hydrogens is 2530 g/mol. The number of carbonyl (C=O) groups is 5. The first-order valence-corrected chi connectivity index (χ1v) is 74.8. The topological polar surface area (TPSA) is 390 Å². The number of aliphatic hydroxyl groups excluding tert-OH is 2. The van der Waals surface area contributed by atoms with Crippen LogP contribution in [0.1, 0.15) is 94.1 Å². The predicted octanol–water partition coefficient (Wildman–Crippen LogP) is 12.5. The van der Waals surface area contributed by atoms with Crippen LogP contribution in [0.15, 0.2) is 180 Å². The molecular formula is C66H67I10N8O16S3-. The molecule has 0 aliphatic carbocycles. The number of methoxy groups -OCH3 is 1. The van der Waals surface area contributed by atoms with Crippen molar-refractivity contribution in [2.24, 2.45) is 18.9 Å². The molecule has 0 fully saturated rings. The van der Waals surface area contributed by atoms with Crippen LogP contribution in [0.2, 0.25) is 0 Å². The van der Waals surface area contributed by atoms with Gasteiger partial charge >= 0.3 is 121 Å². The summed E-state index contributed by atoms with van der Waals surface area (Å²) in [7, 11) is -10.8. The van der Waals surface area contributed by atoms with Gasteiger partial charge in [-0.3, -0.25) is 9.59 Å². The number of rotatable bonds is 21. The summed E-state index contributed by atoms with van der Waals surface area (Å²) in [5.41, 5.74) is 12.4. The number of carboxylic acids is 1. The molecule has 0 radical (unpaired) electrons. The van der Waals surface area contributed by atoms with Crippen molar-refractivity contribution in [3.8, 4) is 6.07 Å². The maximum atomic E-state index is 12.4. The van der Waals surface area contributed by atoms with E-state index in [2.05, 4.69) is 108 Å². The summed E-state index contributed by atoms with van der Waals surface area (Å²) in [6, 6.07) is 45.4. The number of carboxylic acid groups (broad SMARTS) is 1. The molecule has 0 amide bonds. The number of nitrogens with zero attached hydrogens (tertiary/aromatic N) is 4. The second-order valence-corrected chi connectivity index (χ2v) is 143. The Morgan fingerprint density at radius 3 is 1.29 bits per heavy atom. The third-order valence-electron chi connectivity index (χ3n) is 13.8. The largest absolute Gasteiger partial charge is 0.478 e. The maximum absolute atomic E-state index is 12.4. The molecule has 24 nitrogen and oxygen atoms in total. The number of carbonyl (C=O) groups excluding carboxylic acids is 4. The van der Waals surface area contributed by atoms with Crippen molar-refractivity contribution >= 4 is 252 Å². The predicted molar refractivity (Wildman–Crippen MR) is 474 cm³/mol. The summed E-state index contributed by atoms with van der Waals surface area (Å²) >= 11 is 17.5. The van der Waals surface area contributed by atoms with Crippen LogP contribution in [-0.2, 0) is 92.8 Å². The van der Waals surface area contributed by atoms with Gasteiger partial charge in [-0.25, -0.2) is 14.4 Å². The van der Waals surface area contributed by atoms with Crippen LogP contribution in [0.4, 0.5) is 17.1 Å². The van der Waals surface area contributed by atoms with Gasteiger partial charge < -0.3 is 46.5 Å². The van der Waals surface area contributed by atoms with Crippen LogP contribution in [0.3, 0.4) is 0 Å². The Morgan fingerprint density at radius 2 is 0.922 bits per heavy atom. The first-order valence-electron chi connectivity index (χ1n) is 29.5. The van der Waals surface area contributed by atoms with Crippen molar-refractivity contribution in [1.29, 1.82) is 5.26 Å². The van der Waals surface area contributed by atoms with Crippen molar-refractivity contribution in [1.82, 2.24) is 0 Å². The fourth-order valence-corrected chi connectivity index (χ4v) is 224. The molecule has 3 aliphatic heterocycles. The molecule has 0 aromatic heterocycles. The molecule has 0 bridgehead atoms. The molecule has 0 saturated heterocycles. The van der Waals surface area contributed by atoms with Crippen molar-refractivity contribution in [3.05, 3.63) is 207 Å². The maximum Gasteiger partial charge on any atom is 0.335 e. The van der Waals surface area contributed by atoms with E-state index in [1.165, 1.54) is 31.4 Å². The molecule has 0 spiro atoms. The minimum absolute atomic E-state index is 0. The number of ether oxygens (including phenoxy) is 2. The van der Waals surface area contributed by atoms with Crippen molar-refractivity contribution < 1.29 is 87.3 Å². The van der Waals surface area contributed by atoms with E-state index in [9.17, 15) is 59.4 Å². The zero-order valence-corrected chi connectivity index (χ0v) is 77.5. The number of aryl methyl sites for hydroxylation is 2. The Morgan fingerprint density at radius 1 is 0.553 bits per heavy atom. The number of halogens is 10. The van der Waals surface area contributed by atoms with Crippen molar-refractivity contribution in [2.75, 3.05) is 36.2 Å². The Hall–Kier alpha value is -2.78. The van der Waals surface area contributed by atoms with Gasteiger partial charge in [-0.05, 0) is 213 Å². The first-order chi connectivity index (χ1) is 48.5. The SMILES string of the molecule is C.CCOC(=O)C1=NS(=O)(=O)c2cc(I)ccc2N1.COC(=O)c1ccccc1CC#N.I[I-]I(I)I(I)I.NCCc1ccccc1CO.O=C(CCCc1ccccc1C(=O)O)C1=NS(=O)(=O)c2cc(I)ccc2N1.O=C(CCCc1ccccc1CO)C1=NS(=O)(=O)c2cc(I)ccc2N1. The Bertz CT molecular complexity index is 4670. The number of nitriles is 1. The number of hydrogen-bond donors (Lipinski definition) is 7. The van der Waals surface area contributed by atoms with E-state index in [4.69, 9.17) is 20.8 Å². The van der Waals surface area contributed by atoms with Gasteiger partial charge in [0.2, 0.25) is 5.84 Å². The van der Waals surface area contributed by atoms with E-state index < -0.39 is 53.8 Å². The van der Waals surface area contributed by atoms with Gasteiger partial charge in [-0.2, -0.15) is 30.5 Å². The van der Waals surface area contributed by atoms with Crippen LogP contribution >= 0.6 is 158 Å². The second kappa shape index (κ2) is 46.7. The number of Topliss-reactive ketones (excluding diaryl/α,β-unsaturated/α-hetero) is 2. The zero-order valence-electron chi connectivity index (χ0n) is 53.4. The fourth-order valence-electron chi connectivity index (χ4n) is 9.14. The molecule has 8 N–H and O–H groups in total. The molecule has 3 aliphatic rings. The van der Waals surface area contributed by atoms with E-state index >= 15 is 0 Å². The summed E-state index contributed by atoms with van der Waals surface area (Å²) in [4.78, 5) is 58.9. The third kappa shape index (κ3) is 29.5. The minimum atomic E-state index is -3.93. The molecule has 7 aromatic rings. The van der Waals surface area contributed by atoms with E-state index in [0.29, 0.717) is 79.2 Å². The average molecular weight is 2590 g/mol. The van der Waals surface area contributed by atoms with E-state index in [1.54, 1.807) is 85.8 Å². The number of amidine groups is 3. The molecule has 7 aromatic carbocycles. The van der Waals surface area contributed by atoms with Gasteiger partial charge in [-0.15, -0.1) is 13.2 Å². The number of nitrogens with one attached hydrogen (secondary N) is 3. The summed E-state index contributed by atoms with van der Waals surface area (Å²) in [6.45, 7) is 2.48. The quantitative estimate of drug-likeness (QED) is 0.0259. The number of aromatic carboxylic acids is 1. The number of ketones is 2. The monoisotopic (exact) mass is 2590 g/mol. The number of benzene rings is 7. The van der Waals surface area contributed by atoms with Gasteiger partial charge in [0.15, 0.2) is 23.2 Å². The molecule has 3 heterocycles. The summed E-state index contributed by atoms with van der Waals surface area (Å²) < 4.78 is 95.3. The number of fused-ring (bicyclic) bond motifs is 3. The van der Waals surface area contributed by atoms with E-state index in [0.717, 1.165) is 39.4 Å². The van der Waals surface area contributed by atoms with Crippen molar-refractivity contribution in [3.63, 3.8) is 0 Å². The Labute approximate surface area is 695 Å². The number of anilines is 3. The first kappa shape index (κ1) is 92.6. The van der Waals surface area contributed by atoms with E-state index in [1.807, 2.05) is 122 Å². The van der Waals surface area contributed by atoms with Crippen LogP contribution in [0, 0.1) is 22.0 Å². The number of hydrogen-bond acceptors (Lipinski definition) is 20. The van der Waals surface area contributed by atoms with Crippen LogP contribution in [-0.4, -0.2) is 108 Å². The molecule has 556 valence electrons. The number of sulfonamides is 3. The van der Waals surface area contributed by atoms with Crippen LogP contribution in [0.25, 0.3) is 0 Å². The minimum Gasteiger partial charge on any atom is -0.478 e. The van der Waals surface area contributed by atoms with E-state index in [-0.39, 0.29) is 106 Å². The standard InChI is InChI=1S/C18H15IN2O5S.C18H17IN2O4S.C10H9IN2O4S.C10H9NO2.C9H13NO.CH4.I7/c19-12-8-9-14-16(10-12)27(25,26)21-17(20-14)15(22)7-3-5-11-4-1-2-6-13(11)18(23)24;19-14-8-9-15-17(10-14)26(24,25)21-18(20-15)16(23)7-3-6-12-4-1-2-5-13(12)11-22;1-2-17-10(14)9-12-7-4-3-6(11)5-8(7)18(15,16)13-9;1-13-10(12)9-5-3-2-4-8(9)6-7-11;10-6-5-8-3-1-2-4-9(8)7-11;;1-5-7(4)6(2)3/h1-2,4,6,8-10H,3,5,7H2,(H,20,21)(H,23,24);1-2,4-5,8-10,22H,3,6-7,11H2,(H,20,21);3-5H,2H2,1H3,(H,12,13);2-5H,6H2,1H3;1-4,11H,5-7,10H2;1H4;/q;;;;;;-1. The normalized spacial score (nSPS) is 13.6. The summed E-state index contributed by atoms with van der Waals surface area (Å²) in [6.07, 6.45) is 3.22. The summed E-state index contributed by atoms with van der Waals surface area (Å²) in [5.74, 6) is -3.66. The van der Waals surface area contributed by atoms with Gasteiger partial charge in [0.25, 0.3) is 30.1 Å². The smallest absolute Gasteiger partial charge is 0.335 e. The van der Waals surface area contributed by atoms with Gasteiger partial charge in [0.1, 0.15) is 14.7 Å². The molecule has 0 atom stereocenters. The Kier molecular flexibility index (Phi) is 42.0. The van der Waals surface area contributed by atoms with Gasteiger partial charge in [0.05, 0.1) is 67.6 Å². The second-order valence-electron chi connectivity index (χ2n) is 20.5. The van der Waals surface area contributed by atoms with Crippen LogP contribution < -0.4 is 34.9 Å². The molecule has 103 heavy (non-hydrogen) atoms. The third-order valence-corrected chi connectivity index (χ3v) is 268. The van der Waals surface area contributed by atoms with Crippen molar-refractivity contribution in [2.45, 2.75) is 93.6 Å². The van der Waals surface area contributed by atoms with Gasteiger partial charge in [-0.1, -0.05) is 92.4 Å². The Balaban J connectivity index is 0.000000275. The van der Waals surface area contributed by atoms with Crippen LogP contribution in [0.5, 0.6) is 0 Å². The van der Waals surface area contributed by atoms with Gasteiger partial charge in [0, 0.05) is 23.6 Å². The number of aliphatic hydroxyl groups is 2. The number of esters is 2. The number of nitrogens with two attached hydrogens (primary N) is 1. The molecule has 10 rings (SSSR count). The molecule has 0 saturated carbocycles.